The van der Waals surface area contributed by atoms with Gasteiger partial charge in [-0.05, 0) is 6.42 Å². The number of hydrogen-bond acceptors (Lipinski definition) is 2. The molecule has 0 aromatic carbocycles. The number of nitrogens with one attached hydrogen (secondary N) is 1. The summed E-state index contributed by atoms with van der Waals surface area (Å²) < 4.78 is 4.86. The quantitative estimate of drug-likeness (QED) is 0.610. The number of unbranched alkanes of at least 4 members (excludes halogenated alkanes) is 2. The molecule has 1 amide bonds. The Balaban J connectivity index is 3.44. The SMILES string of the molecule is CCCCCC(C)C(=O)NCCOC. The Morgan fingerprint density at radius 3 is 2.71 bits per heavy atom. The molecule has 84 valence electrons. The average molecular weight is 201 g/mol. The summed E-state index contributed by atoms with van der Waals surface area (Å²) >= 11 is 0. The molecular weight excluding hydrogens is 178 g/mol. The summed E-state index contributed by atoms with van der Waals surface area (Å²) in [5.41, 5.74) is 0. The summed E-state index contributed by atoms with van der Waals surface area (Å²) in [6.07, 6.45) is 4.57. The second-order valence-electron chi connectivity index (χ2n) is 3.68. The van der Waals surface area contributed by atoms with E-state index in [-0.39, 0.29) is 11.8 Å². The molecule has 0 aromatic rings. The van der Waals surface area contributed by atoms with E-state index in [1.807, 2.05) is 6.92 Å². The highest BCUT2D eigenvalue weighted by atomic mass is 16.5. The van der Waals surface area contributed by atoms with Gasteiger partial charge in [-0.1, -0.05) is 33.1 Å². The van der Waals surface area contributed by atoms with Crippen LogP contribution in [0.1, 0.15) is 39.5 Å². The van der Waals surface area contributed by atoms with E-state index >= 15 is 0 Å². The van der Waals surface area contributed by atoms with Gasteiger partial charge in [-0.15, -0.1) is 0 Å². The van der Waals surface area contributed by atoms with Gasteiger partial charge in [0, 0.05) is 19.6 Å². The second-order valence-corrected chi connectivity index (χ2v) is 3.68. The normalized spacial score (nSPS) is 12.5. The van der Waals surface area contributed by atoms with Crippen LogP contribution < -0.4 is 5.32 Å². The molecule has 0 spiro atoms. The van der Waals surface area contributed by atoms with Gasteiger partial charge >= 0.3 is 0 Å². The molecule has 1 unspecified atom stereocenters. The smallest absolute Gasteiger partial charge is 0.222 e. The fourth-order valence-electron chi connectivity index (χ4n) is 1.28. The summed E-state index contributed by atoms with van der Waals surface area (Å²) in [6, 6.07) is 0. The third-order valence-electron chi connectivity index (χ3n) is 2.29. The molecule has 0 saturated carbocycles. The molecule has 3 nitrogen and oxygen atoms in total. The monoisotopic (exact) mass is 201 g/mol. The van der Waals surface area contributed by atoms with E-state index in [0.717, 1.165) is 12.8 Å². The zero-order valence-corrected chi connectivity index (χ0v) is 9.64. The lowest BCUT2D eigenvalue weighted by atomic mass is 10.0. The number of carbonyl (C=O) groups is 1. The first kappa shape index (κ1) is 13.4. The van der Waals surface area contributed by atoms with Gasteiger partial charge in [-0.2, -0.15) is 0 Å². The topological polar surface area (TPSA) is 38.3 Å². The first-order valence-electron chi connectivity index (χ1n) is 5.49. The summed E-state index contributed by atoms with van der Waals surface area (Å²) in [6.45, 7) is 5.36. The Bertz CT molecular complexity index is 148. The van der Waals surface area contributed by atoms with Crippen molar-refractivity contribution in [1.82, 2.24) is 5.32 Å². The van der Waals surface area contributed by atoms with E-state index < -0.39 is 0 Å². The van der Waals surface area contributed by atoms with E-state index in [1.54, 1.807) is 7.11 Å². The van der Waals surface area contributed by atoms with Gasteiger partial charge in [0.1, 0.15) is 0 Å². The van der Waals surface area contributed by atoms with Crippen LogP contribution in [0.3, 0.4) is 0 Å². The van der Waals surface area contributed by atoms with E-state index in [0.29, 0.717) is 13.2 Å². The minimum atomic E-state index is 0.137. The third kappa shape index (κ3) is 6.89. The van der Waals surface area contributed by atoms with Crippen LogP contribution in [0.5, 0.6) is 0 Å². The number of carbonyl (C=O) groups excluding carboxylic acids is 1. The molecule has 0 aromatic heterocycles. The molecule has 1 N–H and O–H groups in total. The van der Waals surface area contributed by atoms with Crippen molar-refractivity contribution in [1.29, 1.82) is 0 Å². The van der Waals surface area contributed by atoms with Gasteiger partial charge < -0.3 is 10.1 Å². The first-order chi connectivity index (χ1) is 6.72. The van der Waals surface area contributed by atoms with Crippen LogP contribution >= 0.6 is 0 Å². The van der Waals surface area contributed by atoms with Crippen LogP contribution in [0.2, 0.25) is 0 Å². The maximum atomic E-state index is 11.4. The van der Waals surface area contributed by atoms with Crippen molar-refractivity contribution in [3.8, 4) is 0 Å². The predicted octanol–water partition coefficient (Wildman–Crippen LogP) is 1.97. The van der Waals surface area contributed by atoms with Gasteiger partial charge in [0.05, 0.1) is 6.61 Å². The zero-order chi connectivity index (χ0) is 10.8. The second kappa shape index (κ2) is 9.00. The van der Waals surface area contributed by atoms with Gasteiger partial charge in [-0.3, -0.25) is 4.79 Å². The number of ether oxygens (including phenoxy) is 1. The van der Waals surface area contributed by atoms with Crippen LogP contribution in [0, 0.1) is 5.92 Å². The van der Waals surface area contributed by atoms with Crippen LogP contribution in [0.25, 0.3) is 0 Å². The van der Waals surface area contributed by atoms with Crippen molar-refractivity contribution in [2.45, 2.75) is 39.5 Å². The maximum absolute atomic E-state index is 11.4. The van der Waals surface area contributed by atoms with Crippen molar-refractivity contribution in [2.75, 3.05) is 20.3 Å². The van der Waals surface area contributed by atoms with Crippen LogP contribution in [0.15, 0.2) is 0 Å². The lowest BCUT2D eigenvalue weighted by molar-refractivity contribution is -0.124. The minimum Gasteiger partial charge on any atom is -0.383 e. The molecule has 14 heavy (non-hydrogen) atoms. The fraction of sp³-hybridized carbons (Fsp3) is 0.909. The van der Waals surface area contributed by atoms with Crippen LogP contribution in [-0.2, 0) is 9.53 Å². The number of rotatable bonds is 8. The van der Waals surface area contributed by atoms with Crippen molar-refractivity contribution in [3.05, 3.63) is 0 Å². The first-order valence-corrected chi connectivity index (χ1v) is 5.49. The molecule has 0 rings (SSSR count). The van der Waals surface area contributed by atoms with Crippen molar-refractivity contribution in [2.24, 2.45) is 5.92 Å². The Labute approximate surface area is 87.2 Å². The molecule has 0 saturated heterocycles. The number of methoxy groups -OCH3 is 1. The molecule has 1 atom stereocenters. The summed E-state index contributed by atoms with van der Waals surface area (Å²) in [5.74, 6) is 0.288. The Hall–Kier alpha value is -0.570. The fourth-order valence-corrected chi connectivity index (χ4v) is 1.28. The van der Waals surface area contributed by atoms with Crippen molar-refractivity contribution in [3.63, 3.8) is 0 Å². The van der Waals surface area contributed by atoms with Gasteiger partial charge in [0.2, 0.25) is 5.91 Å². The van der Waals surface area contributed by atoms with Gasteiger partial charge in [0.15, 0.2) is 0 Å². The molecule has 0 aliphatic carbocycles. The summed E-state index contributed by atoms with van der Waals surface area (Å²) in [7, 11) is 1.64. The van der Waals surface area contributed by atoms with Crippen LogP contribution in [0.4, 0.5) is 0 Å². The highest BCUT2D eigenvalue weighted by Gasteiger charge is 2.10. The van der Waals surface area contributed by atoms with Crippen LogP contribution in [-0.4, -0.2) is 26.2 Å². The molecule has 0 aliphatic heterocycles. The third-order valence-corrected chi connectivity index (χ3v) is 2.29. The minimum absolute atomic E-state index is 0.137. The highest BCUT2D eigenvalue weighted by molar-refractivity contribution is 5.78. The molecule has 3 heteroatoms. The molecule has 0 bridgehead atoms. The molecular formula is C11H23NO2. The number of amides is 1. The predicted molar refractivity (Wildman–Crippen MR) is 58.2 cm³/mol. The molecule has 0 aliphatic rings. The highest BCUT2D eigenvalue weighted by Crippen LogP contribution is 2.08. The van der Waals surface area contributed by atoms with E-state index in [4.69, 9.17) is 4.74 Å². The largest absolute Gasteiger partial charge is 0.383 e. The van der Waals surface area contributed by atoms with E-state index in [9.17, 15) is 4.79 Å². The zero-order valence-electron chi connectivity index (χ0n) is 9.64. The molecule has 0 fully saturated rings. The molecule has 0 radical (unpaired) electrons. The average Bonchev–Trinajstić information content (AvgIpc) is 2.18. The number of hydrogen-bond donors (Lipinski definition) is 1. The van der Waals surface area contributed by atoms with Gasteiger partial charge in [0.25, 0.3) is 0 Å². The maximum Gasteiger partial charge on any atom is 0.222 e. The Morgan fingerprint density at radius 2 is 2.14 bits per heavy atom. The standard InChI is InChI=1S/C11H23NO2/c1-4-5-6-7-10(2)11(13)12-8-9-14-3/h10H,4-9H2,1-3H3,(H,12,13). The Kier molecular flexibility index (Phi) is 8.64. The summed E-state index contributed by atoms with van der Waals surface area (Å²) in [5, 5.41) is 2.85. The van der Waals surface area contributed by atoms with Crippen molar-refractivity contribution < 1.29 is 9.53 Å². The lowest BCUT2D eigenvalue weighted by Gasteiger charge is -2.11. The lowest BCUT2D eigenvalue weighted by Crippen LogP contribution is -2.31. The van der Waals surface area contributed by atoms with Gasteiger partial charge in [-0.25, -0.2) is 0 Å². The molecule has 0 heterocycles. The Morgan fingerprint density at radius 1 is 1.43 bits per heavy atom. The van der Waals surface area contributed by atoms with Crippen molar-refractivity contribution >= 4 is 5.91 Å². The van der Waals surface area contributed by atoms with E-state index in [2.05, 4.69) is 12.2 Å². The van der Waals surface area contributed by atoms with E-state index in [1.165, 1.54) is 12.8 Å². The summed E-state index contributed by atoms with van der Waals surface area (Å²) in [4.78, 5) is 11.4.